The molecule has 0 saturated carbocycles. The molecule has 0 radical (unpaired) electrons. The van der Waals surface area contributed by atoms with Gasteiger partial charge in [-0.05, 0) is 26.2 Å². The van der Waals surface area contributed by atoms with E-state index in [1.807, 2.05) is 40.3 Å². The van der Waals surface area contributed by atoms with Gasteiger partial charge in [-0.25, -0.2) is 4.98 Å². The predicted molar refractivity (Wildman–Crippen MR) is 89.8 cm³/mol. The molecule has 1 aliphatic heterocycles. The molecule has 3 heterocycles. The maximum Gasteiger partial charge on any atom is 0.196 e. The van der Waals surface area contributed by atoms with Crippen molar-refractivity contribution in [3.63, 3.8) is 0 Å². The van der Waals surface area contributed by atoms with E-state index < -0.39 is 0 Å². The minimum Gasteiger partial charge on any atom is -0.394 e. The molecule has 3 atom stereocenters. The first-order chi connectivity index (χ1) is 11.2. The summed E-state index contributed by atoms with van der Waals surface area (Å²) in [4.78, 5) is 4.39. The summed E-state index contributed by atoms with van der Waals surface area (Å²) in [5.74, 6) is 0.733. The van der Waals surface area contributed by atoms with Gasteiger partial charge in [0, 0.05) is 47.7 Å². The number of aromatic nitrogens is 3. The smallest absolute Gasteiger partial charge is 0.196 e. The summed E-state index contributed by atoms with van der Waals surface area (Å²) in [5, 5.41) is 13.8. The number of rotatable bonds is 6. The van der Waals surface area contributed by atoms with Crippen molar-refractivity contribution in [2.24, 2.45) is 0 Å². The number of aliphatic hydroxyl groups excluding tert-OH is 1. The topological polar surface area (TPSA) is 82.5 Å². The fourth-order valence-corrected chi connectivity index (χ4v) is 3.17. The van der Waals surface area contributed by atoms with E-state index in [-0.39, 0.29) is 25.0 Å². The fraction of sp³-hybridized carbons (Fsp3) is 0.600. The molecule has 1 fully saturated rings. The van der Waals surface area contributed by atoms with Crippen LogP contribution < -0.4 is 0 Å². The number of hydrogen-bond donors (Lipinski definition) is 1. The lowest BCUT2D eigenvalue weighted by atomic mass is 10.2. The van der Waals surface area contributed by atoms with Crippen LogP contribution in [0.4, 0.5) is 0 Å². The van der Waals surface area contributed by atoms with Gasteiger partial charge in [0.2, 0.25) is 0 Å². The second kappa shape index (κ2) is 7.73. The molecule has 23 heavy (non-hydrogen) atoms. The largest absolute Gasteiger partial charge is 0.394 e. The highest BCUT2D eigenvalue weighted by atomic mass is 127. The van der Waals surface area contributed by atoms with Crippen molar-refractivity contribution in [2.75, 3.05) is 13.2 Å². The molecule has 1 unspecified atom stereocenters. The number of hydrogen-bond acceptors (Lipinski definition) is 6. The van der Waals surface area contributed by atoms with Crippen molar-refractivity contribution in [1.29, 1.82) is 0 Å². The number of halogens is 1. The summed E-state index contributed by atoms with van der Waals surface area (Å²) >= 11 is 2.05. The standard InChI is InChI=1S/C15H20IN3O4/c1-10(22-14-4-2-3-7-21-14)15-17-5-6-19(15)12(9-20)11-8-13(16)23-18-11/h5-6,8,10,12,14,20H,2-4,7,9H2,1H3/t10-,12+,14?/m0/s1. The lowest BCUT2D eigenvalue weighted by molar-refractivity contribution is -0.188. The predicted octanol–water partition coefficient (Wildman–Crippen LogP) is 2.66. The second-order valence-corrected chi connectivity index (χ2v) is 6.58. The maximum atomic E-state index is 9.79. The van der Waals surface area contributed by atoms with Gasteiger partial charge >= 0.3 is 0 Å². The van der Waals surface area contributed by atoms with Crippen LogP contribution in [0.15, 0.2) is 23.0 Å². The van der Waals surface area contributed by atoms with Gasteiger partial charge in [0.1, 0.15) is 23.7 Å². The minimum absolute atomic E-state index is 0.0986. The van der Waals surface area contributed by atoms with E-state index in [0.717, 1.165) is 31.7 Å². The number of imidazole rings is 1. The normalized spacial score (nSPS) is 21.3. The summed E-state index contributed by atoms with van der Waals surface area (Å²) in [6, 6.07) is 1.46. The van der Waals surface area contributed by atoms with Crippen LogP contribution in [-0.4, -0.2) is 39.3 Å². The Hall–Kier alpha value is -0.970. The molecule has 7 nitrogen and oxygen atoms in total. The van der Waals surface area contributed by atoms with Gasteiger partial charge in [0.15, 0.2) is 10.1 Å². The summed E-state index contributed by atoms with van der Waals surface area (Å²) in [5.41, 5.74) is 0.664. The summed E-state index contributed by atoms with van der Waals surface area (Å²) in [7, 11) is 0. The third-order valence-electron chi connectivity index (χ3n) is 3.91. The average molecular weight is 433 g/mol. The molecule has 2 aromatic rings. The zero-order valence-corrected chi connectivity index (χ0v) is 15.0. The van der Waals surface area contributed by atoms with Crippen LogP contribution >= 0.6 is 22.6 Å². The Morgan fingerprint density at radius 1 is 1.52 bits per heavy atom. The highest BCUT2D eigenvalue weighted by Gasteiger charge is 2.25. The number of ether oxygens (including phenoxy) is 2. The van der Waals surface area contributed by atoms with Crippen molar-refractivity contribution in [2.45, 2.75) is 44.6 Å². The zero-order chi connectivity index (χ0) is 16.2. The Labute approximate surface area is 148 Å². The van der Waals surface area contributed by atoms with Crippen LogP contribution in [0.5, 0.6) is 0 Å². The molecule has 0 spiro atoms. The van der Waals surface area contributed by atoms with Gasteiger partial charge in [-0.3, -0.25) is 0 Å². The molecule has 1 N–H and O–H groups in total. The monoisotopic (exact) mass is 433 g/mol. The summed E-state index contributed by atoms with van der Waals surface area (Å²) in [6.45, 7) is 2.58. The minimum atomic E-state index is -0.349. The van der Waals surface area contributed by atoms with Crippen LogP contribution in [0.2, 0.25) is 0 Å². The van der Waals surface area contributed by atoms with E-state index in [1.54, 1.807) is 12.3 Å². The summed E-state index contributed by atoms with van der Waals surface area (Å²) in [6.07, 6.45) is 6.18. The van der Waals surface area contributed by atoms with Crippen LogP contribution in [-0.2, 0) is 9.47 Å². The Balaban J connectivity index is 1.77. The first-order valence-electron chi connectivity index (χ1n) is 7.71. The van der Waals surface area contributed by atoms with E-state index >= 15 is 0 Å². The number of aliphatic hydroxyl groups is 1. The van der Waals surface area contributed by atoms with Gasteiger partial charge in [0.05, 0.1) is 6.61 Å². The molecule has 1 aliphatic rings. The van der Waals surface area contributed by atoms with E-state index in [4.69, 9.17) is 14.0 Å². The van der Waals surface area contributed by atoms with E-state index in [0.29, 0.717) is 9.46 Å². The number of nitrogens with zero attached hydrogens (tertiary/aromatic N) is 3. The molecular formula is C15H20IN3O4. The molecule has 0 bridgehead atoms. The van der Waals surface area contributed by atoms with Gasteiger partial charge in [-0.1, -0.05) is 5.16 Å². The quantitative estimate of drug-likeness (QED) is 0.706. The van der Waals surface area contributed by atoms with Crippen molar-refractivity contribution >= 4 is 22.6 Å². The molecule has 3 rings (SSSR count). The van der Waals surface area contributed by atoms with E-state index in [1.165, 1.54) is 0 Å². The Bertz CT molecular complexity index is 624. The Morgan fingerprint density at radius 3 is 3.04 bits per heavy atom. The highest BCUT2D eigenvalue weighted by Crippen LogP contribution is 2.27. The van der Waals surface area contributed by atoms with Crippen LogP contribution in [0.1, 0.15) is 49.9 Å². The molecule has 0 aliphatic carbocycles. The first-order valence-corrected chi connectivity index (χ1v) is 8.79. The molecule has 1 saturated heterocycles. The molecule has 0 aromatic carbocycles. The maximum absolute atomic E-state index is 9.79. The third-order valence-corrected chi connectivity index (χ3v) is 4.41. The van der Waals surface area contributed by atoms with Crippen molar-refractivity contribution in [3.05, 3.63) is 33.7 Å². The highest BCUT2D eigenvalue weighted by molar-refractivity contribution is 14.1. The van der Waals surface area contributed by atoms with Crippen molar-refractivity contribution in [1.82, 2.24) is 14.7 Å². The Kier molecular flexibility index (Phi) is 5.67. The van der Waals surface area contributed by atoms with Gasteiger partial charge in [-0.2, -0.15) is 0 Å². The molecular weight excluding hydrogens is 413 g/mol. The molecule has 126 valence electrons. The first kappa shape index (κ1) is 16.9. The zero-order valence-electron chi connectivity index (χ0n) is 12.9. The molecule has 2 aromatic heterocycles. The summed E-state index contributed by atoms with van der Waals surface area (Å²) < 4.78 is 19.3. The average Bonchev–Trinajstić information content (AvgIpc) is 3.19. The van der Waals surface area contributed by atoms with Gasteiger partial charge in [-0.15, -0.1) is 0 Å². The molecule has 8 heteroatoms. The fourth-order valence-electron chi connectivity index (χ4n) is 2.76. The van der Waals surface area contributed by atoms with Crippen LogP contribution in [0.3, 0.4) is 0 Å². The third kappa shape index (κ3) is 3.93. The van der Waals surface area contributed by atoms with E-state index in [2.05, 4.69) is 10.1 Å². The second-order valence-electron chi connectivity index (χ2n) is 5.52. The van der Waals surface area contributed by atoms with Crippen molar-refractivity contribution < 1.29 is 19.1 Å². The molecule has 0 amide bonds. The van der Waals surface area contributed by atoms with Crippen molar-refractivity contribution in [3.8, 4) is 0 Å². The van der Waals surface area contributed by atoms with Gasteiger partial charge in [0.25, 0.3) is 0 Å². The SMILES string of the molecule is C[C@H](OC1CCCCO1)c1nccn1[C@H](CO)c1cc(I)on1. The lowest BCUT2D eigenvalue weighted by Crippen LogP contribution is -2.26. The Morgan fingerprint density at radius 2 is 2.39 bits per heavy atom. The van der Waals surface area contributed by atoms with Crippen LogP contribution in [0.25, 0.3) is 0 Å². The lowest BCUT2D eigenvalue weighted by Gasteiger charge is -2.27. The van der Waals surface area contributed by atoms with Crippen LogP contribution in [0, 0.1) is 3.77 Å². The van der Waals surface area contributed by atoms with E-state index in [9.17, 15) is 5.11 Å². The van der Waals surface area contributed by atoms with Gasteiger partial charge < -0.3 is 23.7 Å².